The van der Waals surface area contributed by atoms with E-state index in [0.717, 1.165) is 19.4 Å². The third kappa shape index (κ3) is 4.22. The van der Waals surface area contributed by atoms with Crippen molar-refractivity contribution in [2.24, 2.45) is 0 Å². The molecule has 0 bridgehead atoms. The number of aromatic nitrogens is 4. The first-order chi connectivity index (χ1) is 9.29. The quantitative estimate of drug-likeness (QED) is 0.569. The van der Waals surface area contributed by atoms with Crippen LogP contribution in [0.25, 0.3) is 0 Å². The highest BCUT2D eigenvalue weighted by atomic mass is 32.2. The summed E-state index contributed by atoms with van der Waals surface area (Å²) in [4.78, 5) is 11.4. The molecule has 1 aliphatic heterocycles. The minimum Gasteiger partial charge on any atom is -0.376 e. The van der Waals surface area contributed by atoms with Gasteiger partial charge in [-0.25, -0.2) is 4.68 Å². The highest BCUT2D eigenvalue weighted by Gasteiger charge is 2.19. The molecule has 8 heteroatoms. The largest absolute Gasteiger partial charge is 0.376 e. The van der Waals surface area contributed by atoms with Gasteiger partial charge >= 0.3 is 0 Å². The second-order valence-electron chi connectivity index (χ2n) is 4.05. The van der Waals surface area contributed by atoms with Crippen LogP contribution in [0.2, 0.25) is 0 Å². The van der Waals surface area contributed by atoms with Crippen LogP contribution < -0.4 is 5.32 Å². The van der Waals surface area contributed by atoms with Crippen molar-refractivity contribution in [1.29, 1.82) is 0 Å². The number of terminal acetylenes is 1. The average Bonchev–Trinajstić information content (AvgIpc) is 3.06. The lowest BCUT2D eigenvalue weighted by atomic mass is 10.2. The Morgan fingerprint density at radius 2 is 2.58 bits per heavy atom. The van der Waals surface area contributed by atoms with Crippen molar-refractivity contribution in [3.05, 3.63) is 0 Å². The summed E-state index contributed by atoms with van der Waals surface area (Å²) in [6.45, 7) is 1.66. The minimum absolute atomic E-state index is 0.130. The van der Waals surface area contributed by atoms with Crippen LogP contribution in [0.15, 0.2) is 5.16 Å². The molecule has 19 heavy (non-hydrogen) atoms. The van der Waals surface area contributed by atoms with Gasteiger partial charge in [0, 0.05) is 6.61 Å². The maximum Gasteiger partial charge on any atom is 0.231 e. The predicted molar refractivity (Wildman–Crippen MR) is 69.4 cm³/mol. The van der Waals surface area contributed by atoms with Crippen molar-refractivity contribution in [2.45, 2.75) is 30.6 Å². The number of hydrogen-bond acceptors (Lipinski definition) is 6. The molecule has 1 aromatic rings. The summed E-state index contributed by atoms with van der Waals surface area (Å²) in [7, 11) is 0. The van der Waals surface area contributed by atoms with E-state index in [1.54, 1.807) is 4.68 Å². The molecule has 1 N–H and O–H groups in total. The lowest BCUT2D eigenvalue weighted by Gasteiger charge is -2.09. The van der Waals surface area contributed by atoms with Crippen LogP contribution >= 0.6 is 11.8 Å². The number of hydrogen-bond donors (Lipinski definition) is 1. The number of ether oxygens (including phenoxy) is 1. The van der Waals surface area contributed by atoms with Gasteiger partial charge in [0.25, 0.3) is 0 Å². The number of nitrogens with one attached hydrogen (secondary N) is 1. The molecular formula is C11H15N5O2S. The molecule has 102 valence electrons. The molecule has 0 aliphatic carbocycles. The molecule has 1 atom stereocenters. The summed E-state index contributed by atoms with van der Waals surface area (Å²) < 4.78 is 7.21. The van der Waals surface area contributed by atoms with E-state index in [9.17, 15) is 4.79 Å². The minimum atomic E-state index is -0.130. The Kier molecular flexibility index (Phi) is 5.18. The number of thioether (sulfide) groups is 1. The van der Waals surface area contributed by atoms with Gasteiger partial charge in [0.05, 0.1) is 24.9 Å². The van der Waals surface area contributed by atoms with Gasteiger partial charge < -0.3 is 10.1 Å². The van der Waals surface area contributed by atoms with Crippen LogP contribution in [0.4, 0.5) is 0 Å². The summed E-state index contributed by atoms with van der Waals surface area (Å²) in [5.41, 5.74) is 0. The van der Waals surface area contributed by atoms with Crippen LogP contribution in [0.1, 0.15) is 12.8 Å². The first-order valence-corrected chi connectivity index (χ1v) is 6.99. The maximum atomic E-state index is 11.4. The van der Waals surface area contributed by atoms with Crippen LogP contribution in [0, 0.1) is 12.3 Å². The lowest BCUT2D eigenvalue weighted by molar-refractivity contribution is -0.118. The number of nitrogens with zero attached hydrogens (tertiary/aromatic N) is 4. The summed E-state index contributed by atoms with van der Waals surface area (Å²) >= 11 is 1.29. The Morgan fingerprint density at radius 1 is 1.68 bits per heavy atom. The van der Waals surface area contributed by atoms with Gasteiger partial charge in [-0.3, -0.25) is 4.79 Å². The van der Waals surface area contributed by atoms with Crippen molar-refractivity contribution in [2.75, 3.05) is 18.9 Å². The molecule has 0 saturated carbocycles. The summed E-state index contributed by atoms with van der Waals surface area (Å²) in [6.07, 6.45) is 7.32. The van der Waals surface area contributed by atoms with Crippen LogP contribution in [-0.4, -0.2) is 51.1 Å². The molecule has 2 rings (SSSR count). The van der Waals surface area contributed by atoms with E-state index in [2.05, 4.69) is 26.8 Å². The van der Waals surface area contributed by atoms with E-state index in [-0.39, 0.29) is 24.3 Å². The highest BCUT2D eigenvalue weighted by molar-refractivity contribution is 7.99. The zero-order valence-electron chi connectivity index (χ0n) is 10.4. The molecule has 1 aliphatic rings. The zero-order chi connectivity index (χ0) is 13.5. The summed E-state index contributed by atoms with van der Waals surface area (Å²) in [6, 6.07) is 0. The van der Waals surface area contributed by atoms with Gasteiger partial charge in [0.2, 0.25) is 11.1 Å². The van der Waals surface area contributed by atoms with E-state index in [1.807, 2.05) is 0 Å². The SMILES string of the molecule is C#CCNC(=O)CSc1nnnn1C[C@H]1CCCO1. The fraction of sp³-hybridized carbons (Fsp3) is 0.636. The fourth-order valence-corrected chi connectivity index (χ4v) is 2.44. The maximum absolute atomic E-state index is 11.4. The Labute approximate surface area is 115 Å². The fourth-order valence-electron chi connectivity index (χ4n) is 1.73. The normalized spacial score (nSPS) is 18.2. The van der Waals surface area contributed by atoms with Crippen LogP contribution in [0.3, 0.4) is 0 Å². The molecule has 1 saturated heterocycles. The molecule has 1 fully saturated rings. The van der Waals surface area contributed by atoms with E-state index >= 15 is 0 Å². The molecule has 2 heterocycles. The molecule has 1 aromatic heterocycles. The zero-order valence-corrected chi connectivity index (χ0v) is 11.2. The molecular weight excluding hydrogens is 266 g/mol. The van der Waals surface area contributed by atoms with Gasteiger partial charge in [-0.2, -0.15) is 0 Å². The van der Waals surface area contributed by atoms with Gasteiger partial charge in [0.15, 0.2) is 0 Å². The number of amides is 1. The first kappa shape index (κ1) is 13.8. The number of carbonyl (C=O) groups excluding carboxylic acids is 1. The molecule has 7 nitrogen and oxygen atoms in total. The third-order valence-electron chi connectivity index (χ3n) is 2.62. The van der Waals surface area contributed by atoms with E-state index < -0.39 is 0 Å². The molecule has 1 amide bonds. The monoisotopic (exact) mass is 281 g/mol. The van der Waals surface area contributed by atoms with E-state index in [4.69, 9.17) is 11.2 Å². The Balaban J connectivity index is 1.82. The van der Waals surface area contributed by atoms with Crippen molar-refractivity contribution in [3.8, 4) is 12.3 Å². The summed E-state index contributed by atoms with van der Waals surface area (Å²) in [5.74, 6) is 2.46. The highest BCUT2D eigenvalue weighted by Crippen LogP contribution is 2.18. The molecule has 0 radical (unpaired) electrons. The van der Waals surface area contributed by atoms with Gasteiger partial charge in [-0.15, -0.1) is 11.5 Å². The Bertz CT molecular complexity index is 464. The van der Waals surface area contributed by atoms with Gasteiger partial charge in [0.1, 0.15) is 0 Å². The Morgan fingerprint density at radius 3 is 3.32 bits per heavy atom. The number of tetrazole rings is 1. The number of carbonyl (C=O) groups is 1. The second-order valence-corrected chi connectivity index (χ2v) is 4.99. The molecule has 0 aromatic carbocycles. The van der Waals surface area contributed by atoms with Crippen LogP contribution in [-0.2, 0) is 16.1 Å². The molecule has 0 spiro atoms. The average molecular weight is 281 g/mol. The van der Waals surface area contributed by atoms with Crippen molar-refractivity contribution in [3.63, 3.8) is 0 Å². The van der Waals surface area contributed by atoms with Crippen molar-refractivity contribution < 1.29 is 9.53 Å². The smallest absolute Gasteiger partial charge is 0.231 e. The number of rotatable bonds is 6. The van der Waals surface area contributed by atoms with Crippen LogP contribution in [0.5, 0.6) is 0 Å². The lowest BCUT2D eigenvalue weighted by Crippen LogP contribution is -2.25. The first-order valence-electron chi connectivity index (χ1n) is 6.00. The Hall–Kier alpha value is -1.59. The van der Waals surface area contributed by atoms with Gasteiger partial charge in [-0.1, -0.05) is 17.7 Å². The second kappa shape index (κ2) is 7.11. The van der Waals surface area contributed by atoms with Crippen molar-refractivity contribution in [1.82, 2.24) is 25.5 Å². The van der Waals surface area contributed by atoms with Crippen molar-refractivity contribution >= 4 is 17.7 Å². The van der Waals surface area contributed by atoms with E-state index in [0.29, 0.717) is 11.7 Å². The third-order valence-corrected chi connectivity index (χ3v) is 3.58. The molecule has 0 unspecified atom stereocenters. The standard InChI is InChI=1S/C11H15N5O2S/c1-2-5-12-10(17)8-19-11-13-14-15-16(11)7-9-4-3-6-18-9/h1,9H,3-8H2,(H,12,17)/t9-/m1/s1. The summed E-state index contributed by atoms with van der Waals surface area (Å²) in [5, 5.41) is 14.6. The topological polar surface area (TPSA) is 81.9 Å². The predicted octanol–water partition coefficient (Wildman–Crippen LogP) is -0.306. The van der Waals surface area contributed by atoms with E-state index in [1.165, 1.54) is 11.8 Å². The van der Waals surface area contributed by atoms with Gasteiger partial charge in [-0.05, 0) is 23.3 Å².